The minimum Gasteiger partial charge on any atom is -0.378 e. The molecule has 10 nitrogen and oxygen atoms in total. The first-order valence-corrected chi connectivity index (χ1v) is 10.5. The highest BCUT2D eigenvalue weighted by Gasteiger charge is 2.28. The molecule has 0 unspecified atom stereocenters. The van der Waals surface area contributed by atoms with Crippen LogP contribution in [-0.2, 0) is 11.3 Å². The van der Waals surface area contributed by atoms with Crippen molar-refractivity contribution in [3.63, 3.8) is 0 Å². The highest BCUT2D eigenvalue weighted by molar-refractivity contribution is 6.00. The average Bonchev–Trinajstić information content (AvgIpc) is 3.11. The van der Waals surface area contributed by atoms with Crippen molar-refractivity contribution < 1.29 is 19.0 Å². The summed E-state index contributed by atoms with van der Waals surface area (Å²) >= 11 is 0. The van der Waals surface area contributed by atoms with Crippen molar-refractivity contribution >= 4 is 17.3 Å². The predicted octanol–water partition coefficient (Wildman–Crippen LogP) is 1.99. The Morgan fingerprint density at radius 2 is 1.84 bits per heavy atom. The Labute approximate surface area is 180 Å². The zero-order valence-electron chi connectivity index (χ0n) is 17.9. The lowest BCUT2D eigenvalue weighted by Gasteiger charge is -2.36. The maximum Gasteiger partial charge on any atom is 0.270 e. The molecule has 2 aliphatic rings. The molecule has 2 aliphatic heterocycles. The van der Waals surface area contributed by atoms with E-state index in [-0.39, 0.29) is 11.6 Å². The first kappa shape index (κ1) is 21.3. The van der Waals surface area contributed by atoms with E-state index in [0.29, 0.717) is 45.0 Å². The molecule has 1 aromatic carbocycles. The molecule has 3 heterocycles. The normalized spacial score (nSPS) is 17.7. The maximum atomic E-state index is 13.4. The molecular formula is C21H27N5O5. The number of rotatable bonds is 5. The monoisotopic (exact) mass is 429 g/mol. The van der Waals surface area contributed by atoms with E-state index >= 15 is 0 Å². The number of nitro groups is 1. The van der Waals surface area contributed by atoms with Gasteiger partial charge in [-0.1, -0.05) is 5.16 Å². The second-order valence-corrected chi connectivity index (χ2v) is 7.93. The molecule has 0 spiro atoms. The van der Waals surface area contributed by atoms with Gasteiger partial charge in [0.25, 0.3) is 11.6 Å². The van der Waals surface area contributed by atoms with Gasteiger partial charge in [0.05, 0.1) is 35.1 Å². The van der Waals surface area contributed by atoms with Crippen LogP contribution in [0.3, 0.4) is 0 Å². The van der Waals surface area contributed by atoms with E-state index in [1.807, 2.05) is 13.8 Å². The van der Waals surface area contributed by atoms with Crippen LogP contribution in [0, 0.1) is 24.0 Å². The van der Waals surface area contributed by atoms with Gasteiger partial charge in [-0.15, -0.1) is 0 Å². The summed E-state index contributed by atoms with van der Waals surface area (Å²) in [5.74, 6) is 0.657. The van der Waals surface area contributed by atoms with Crippen molar-refractivity contribution in [1.29, 1.82) is 0 Å². The lowest BCUT2D eigenvalue weighted by Crippen LogP contribution is -2.48. The minimum atomic E-state index is -0.457. The van der Waals surface area contributed by atoms with Gasteiger partial charge in [-0.25, -0.2) is 0 Å². The van der Waals surface area contributed by atoms with Crippen LogP contribution < -0.4 is 4.90 Å². The number of anilines is 1. The van der Waals surface area contributed by atoms with Crippen LogP contribution in [0.1, 0.15) is 27.4 Å². The molecule has 0 bridgehead atoms. The third kappa shape index (κ3) is 4.54. The van der Waals surface area contributed by atoms with Gasteiger partial charge in [0.15, 0.2) is 0 Å². The van der Waals surface area contributed by atoms with Gasteiger partial charge >= 0.3 is 0 Å². The molecule has 0 saturated carbocycles. The number of carbonyl (C=O) groups excluding carboxylic acids is 1. The minimum absolute atomic E-state index is 0.0718. The van der Waals surface area contributed by atoms with Crippen LogP contribution in [0.4, 0.5) is 11.4 Å². The summed E-state index contributed by atoms with van der Waals surface area (Å²) in [4.78, 5) is 30.4. The maximum absolute atomic E-state index is 13.4. The Morgan fingerprint density at radius 1 is 1.13 bits per heavy atom. The van der Waals surface area contributed by atoms with E-state index < -0.39 is 4.92 Å². The highest BCUT2D eigenvalue weighted by atomic mass is 16.6. The van der Waals surface area contributed by atoms with Gasteiger partial charge < -0.3 is 19.1 Å². The number of non-ortho nitro benzene ring substituents is 1. The first-order valence-electron chi connectivity index (χ1n) is 10.5. The molecule has 0 radical (unpaired) electrons. The fourth-order valence-corrected chi connectivity index (χ4v) is 4.12. The summed E-state index contributed by atoms with van der Waals surface area (Å²) in [5, 5.41) is 15.3. The van der Waals surface area contributed by atoms with Gasteiger partial charge in [-0.3, -0.25) is 19.8 Å². The van der Waals surface area contributed by atoms with Crippen molar-refractivity contribution in [2.75, 3.05) is 57.4 Å². The third-order valence-electron chi connectivity index (χ3n) is 6.00. The number of nitro benzene ring substituents is 1. The fraction of sp³-hybridized carbons (Fsp3) is 0.524. The molecule has 2 fully saturated rings. The number of piperazine rings is 1. The Balaban J connectivity index is 1.48. The predicted molar refractivity (Wildman–Crippen MR) is 113 cm³/mol. The second kappa shape index (κ2) is 9.03. The second-order valence-electron chi connectivity index (χ2n) is 7.93. The van der Waals surface area contributed by atoms with Crippen molar-refractivity contribution in [2.45, 2.75) is 20.4 Å². The highest BCUT2D eigenvalue weighted by Crippen LogP contribution is 2.28. The summed E-state index contributed by atoms with van der Waals surface area (Å²) in [7, 11) is 0. The lowest BCUT2D eigenvalue weighted by atomic mass is 10.1. The van der Waals surface area contributed by atoms with Gasteiger partial charge in [0.2, 0.25) is 0 Å². The molecule has 0 aliphatic carbocycles. The molecule has 0 N–H and O–H groups in total. The van der Waals surface area contributed by atoms with Crippen LogP contribution in [0.5, 0.6) is 0 Å². The Bertz CT molecular complexity index is 942. The largest absolute Gasteiger partial charge is 0.378 e. The van der Waals surface area contributed by atoms with Gasteiger partial charge in [0, 0.05) is 63.5 Å². The number of ether oxygens (including phenoxy) is 1. The van der Waals surface area contributed by atoms with Crippen molar-refractivity contribution in [2.24, 2.45) is 0 Å². The number of aryl methyl sites for hydroxylation is 2. The summed E-state index contributed by atoms with van der Waals surface area (Å²) in [6.07, 6.45) is 0. The van der Waals surface area contributed by atoms with Crippen LogP contribution in [-0.4, -0.2) is 78.3 Å². The molecular weight excluding hydrogens is 402 g/mol. The first-order chi connectivity index (χ1) is 14.9. The smallest absolute Gasteiger partial charge is 0.270 e. The van der Waals surface area contributed by atoms with E-state index in [0.717, 1.165) is 42.3 Å². The molecule has 4 rings (SSSR count). The van der Waals surface area contributed by atoms with Crippen molar-refractivity contribution in [3.8, 4) is 0 Å². The summed E-state index contributed by atoms with van der Waals surface area (Å²) in [6, 6.07) is 4.55. The number of hydrogen-bond donors (Lipinski definition) is 0. The van der Waals surface area contributed by atoms with E-state index in [1.165, 1.54) is 12.1 Å². The average molecular weight is 429 g/mol. The Kier molecular flexibility index (Phi) is 6.19. The van der Waals surface area contributed by atoms with Gasteiger partial charge in [-0.2, -0.15) is 0 Å². The topological polar surface area (TPSA) is 105 Å². The summed E-state index contributed by atoms with van der Waals surface area (Å²) in [6.45, 7) is 9.60. The van der Waals surface area contributed by atoms with Crippen molar-refractivity contribution in [3.05, 3.63) is 50.9 Å². The number of morpholine rings is 1. The Hall–Kier alpha value is -2.98. The SMILES string of the molecule is Cc1noc(C)c1CN1CCN(C(=O)c2cc([N+](=O)[O-])ccc2N2CCOCC2)CC1. The zero-order valence-corrected chi connectivity index (χ0v) is 17.9. The fourth-order valence-electron chi connectivity index (χ4n) is 4.12. The molecule has 31 heavy (non-hydrogen) atoms. The standard InChI is InChI=1S/C21H27N5O5/c1-15-19(16(2)31-22-15)14-23-5-7-25(8-6-23)21(27)18-13-17(26(28)29)3-4-20(18)24-9-11-30-12-10-24/h3-4,13H,5-12,14H2,1-2H3. The number of hydrogen-bond acceptors (Lipinski definition) is 8. The number of nitrogens with zero attached hydrogens (tertiary/aromatic N) is 5. The third-order valence-corrected chi connectivity index (χ3v) is 6.00. The Morgan fingerprint density at radius 3 is 2.45 bits per heavy atom. The molecule has 10 heteroatoms. The number of aromatic nitrogens is 1. The molecule has 1 aromatic heterocycles. The zero-order chi connectivity index (χ0) is 22.0. The van der Waals surface area contributed by atoms with E-state index in [2.05, 4.69) is 15.0 Å². The lowest BCUT2D eigenvalue weighted by molar-refractivity contribution is -0.384. The van der Waals surface area contributed by atoms with E-state index in [4.69, 9.17) is 9.26 Å². The van der Waals surface area contributed by atoms with Crippen molar-refractivity contribution in [1.82, 2.24) is 15.0 Å². The van der Waals surface area contributed by atoms with Crippen LogP contribution in [0.15, 0.2) is 22.7 Å². The van der Waals surface area contributed by atoms with E-state index in [9.17, 15) is 14.9 Å². The molecule has 0 atom stereocenters. The summed E-state index contributed by atoms with van der Waals surface area (Å²) < 4.78 is 10.7. The molecule has 2 saturated heterocycles. The summed E-state index contributed by atoms with van der Waals surface area (Å²) in [5.41, 5.74) is 3.03. The molecule has 166 valence electrons. The van der Waals surface area contributed by atoms with Crippen LogP contribution in [0.2, 0.25) is 0 Å². The van der Waals surface area contributed by atoms with Crippen LogP contribution in [0.25, 0.3) is 0 Å². The number of benzene rings is 1. The quantitative estimate of drug-likeness (QED) is 0.525. The number of carbonyl (C=O) groups is 1. The van der Waals surface area contributed by atoms with E-state index in [1.54, 1.807) is 11.0 Å². The molecule has 1 amide bonds. The van der Waals surface area contributed by atoms with Gasteiger partial charge in [-0.05, 0) is 19.9 Å². The van der Waals surface area contributed by atoms with Gasteiger partial charge in [0.1, 0.15) is 5.76 Å². The number of amides is 1. The molecule has 2 aromatic rings. The van der Waals surface area contributed by atoms with Crippen LogP contribution >= 0.6 is 0 Å².